The first-order valence-electron chi connectivity index (χ1n) is 9.64. The predicted octanol–water partition coefficient (Wildman–Crippen LogP) is 3.90. The standard InChI is InChI=1S/C23H22N4O2S/c1-24-22(28)16-30-23-26-25-21(27(23)14-17-8-3-2-4-9-17)15-29-20-13-7-11-18-10-5-6-12-19(18)20/h2-13H,14-16H2,1H3,(H,24,28). The molecule has 0 saturated heterocycles. The van der Waals surface area contributed by atoms with E-state index in [0.717, 1.165) is 22.1 Å². The molecule has 0 atom stereocenters. The van der Waals surface area contributed by atoms with E-state index in [0.29, 0.717) is 17.5 Å². The van der Waals surface area contributed by atoms with Crippen molar-refractivity contribution in [3.05, 3.63) is 84.2 Å². The summed E-state index contributed by atoms with van der Waals surface area (Å²) in [5.74, 6) is 1.75. The SMILES string of the molecule is CNC(=O)CSc1nnc(COc2cccc3ccccc23)n1Cc1ccccc1. The van der Waals surface area contributed by atoms with Crippen LogP contribution in [-0.2, 0) is 17.9 Å². The fourth-order valence-corrected chi connectivity index (χ4v) is 3.95. The minimum Gasteiger partial charge on any atom is -0.485 e. The van der Waals surface area contributed by atoms with Gasteiger partial charge < -0.3 is 10.1 Å². The lowest BCUT2D eigenvalue weighted by atomic mass is 10.1. The number of nitrogens with one attached hydrogen (secondary N) is 1. The summed E-state index contributed by atoms with van der Waals surface area (Å²) in [4.78, 5) is 11.7. The summed E-state index contributed by atoms with van der Waals surface area (Å²) >= 11 is 1.37. The van der Waals surface area contributed by atoms with Gasteiger partial charge in [0.15, 0.2) is 11.0 Å². The zero-order valence-electron chi connectivity index (χ0n) is 16.6. The number of fused-ring (bicyclic) bond motifs is 1. The first-order valence-corrected chi connectivity index (χ1v) is 10.6. The molecule has 0 fully saturated rings. The summed E-state index contributed by atoms with van der Waals surface area (Å²) in [5, 5.41) is 14.2. The molecule has 0 aliphatic heterocycles. The number of amides is 1. The maximum atomic E-state index is 11.7. The van der Waals surface area contributed by atoms with E-state index < -0.39 is 0 Å². The van der Waals surface area contributed by atoms with Gasteiger partial charge in [-0.05, 0) is 17.0 Å². The monoisotopic (exact) mass is 418 g/mol. The van der Waals surface area contributed by atoms with E-state index in [1.54, 1.807) is 7.05 Å². The molecule has 1 heterocycles. The van der Waals surface area contributed by atoms with Gasteiger partial charge in [0.05, 0.1) is 12.3 Å². The second-order valence-corrected chi connectivity index (χ2v) is 7.64. The minimum atomic E-state index is -0.0529. The molecule has 3 aromatic carbocycles. The lowest BCUT2D eigenvalue weighted by Crippen LogP contribution is -2.20. The maximum absolute atomic E-state index is 11.7. The van der Waals surface area contributed by atoms with Crippen molar-refractivity contribution in [2.75, 3.05) is 12.8 Å². The highest BCUT2D eigenvalue weighted by Crippen LogP contribution is 2.26. The van der Waals surface area contributed by atoms with Gasteiger partial charge in [-0.15, -0.1) is 10.2 Å². The number of ether oxygens (including phenoxy) is 1. The Kier molecular flexibility index (Phi) is 6.29. The quantitative estimate of drug-likeness (QED) is 0.440. The Morgan fingerprint density at radius 3 is 2.60 bits per heavy atom. The van der Waals surface area contributed by atoms with Crippen molar-refractivity contribution in [2.24, 2.45) is 0 Å². The third-order valence-electron chi connectivity index (χ3n) is 4.69. The smallest absolute Gasteiger partial charge is 0.230 e. The first kappa shape index (κ1) is 20.0. The molecule has 4 rings (SSSR count). The van der Waals surface area contributed by atoms with E-state index in [1.165, 1.54) is 11.8 Å². The van der Waals surface area contributed by atoms with Crippen LogP contribution in [0.2, 0.25) is 0 Å². The molecule has 4 aromatic rings. The lowest BCUT2D eigenvalue weighted by molar-refractivity contribution is -0.118. The molecule has 7 heteroatoms. The van der Waals surface area contributed by atoms with Crippen molar-refractivity contribution in [1.29, 1.82) is 0 Å². The Bertz CT molecular complexity index is 1140. The second-order valence-electron chi connectivity index (χ2n) is 6.70. The topological polar surface area (TPSA) is 69.0 Å². The summed E-state index contributed by atoms with van der Waals surface area (Å²) in [6, 6.07) is 24.2. The van der Waals surface area contributed by atoms with Crippen LogP contribution < -0.4 is 10.1 Å². The number of hydrogen-bond donors (Lipinski definition) is 1. The maximum Gasteiger partial charge on any atom is 0.230 e. The van der Waals surface area contributed by atoms with Crippen LogP contribution in [0.4, 0.5) is 0 Å². The van der Waals surface area contributed by atoms with Crippen molar-refractivity contribution in [2.45, 2.75) is 18.3 Å². The van der Waals surface area contributed by atoms with E-state index in [2.05, 4.69) is 39.8 Å². The molecule has 1 amide bonds. The average molecular weight is 419 g/mol. The van der Waals surface area contributed by atoms with Gasteiger partial charge in [-0.25, -0.2) is 0 Å². The number of nitrogens with zero attached hydrogens (tertiary/aromatic N) is 3. The van der Waals surface area contributed by atoms with Gasteiger partial charge in [0.25, 0.3) is 0 Å². The van der Waals surface area contributed by atoms with Crippen LogP contribution in [0.5, 0.6) is 5.75 Å². The Hall–Kier alpha value is -3.32. The van der Waals surface area contributed by atoms with Gasteiger partial charge >= 0.3 is 0 Å². The summed E-state index contributed by atoms with van der Waals surface area (Å²) < 4.78 is 8.14. The van der Waals surface area contributed by atoms with Crippen molar-refractivity contribution in [3.8, 4) is 5.75 Å². The summed E-state index contributed by atoms with van der Waals surface area (Å²) in [6.45, 7) is 0.895. The van der Waals surface area contributed by atoms with Gasteiger partial charge in [0.2, 0.25) is 5.91 Å². The van der Waals surface area contributed by atoms with Crippen LogP contribution in [0.1, 0.15) is 11.4 Å². The largest absolute Gasteiger partial charge is 0.485 e. The van der Waals surface area contributed by atoms with E-state index in [4.69, 9.17) is 4.74 Å². The molecule has 152 valence electrons. The molecular formula is C23H22N4O2S. The molecule has 0 unspecified atom stereocenters. The van der Waals surface area contributed by atoms with Gasteiger partial charge in [-0.3, -0.25) is 9.36 Å². The van der Waals surface area contributed by atoms with Crippen molar-refractivity contribution < 1.29 is 9.53 Å². The molecule has 0 bridgehead atoms. The van der Waals surface area contributed by atoms with E-state index in [9.17, 15) is 4.79 Å². The highest BCUT2D eigenvalue weighted by Gasteiger charge is 2.15. The molecule has 0 spiro atoms. The van der Waals surface area contributed by atoms with Crippen LogP contribution in [-0.4, -0.2) is 33.5 Å². The number of thioether (sulfide) groups is 1. The van der Waals surface area contributed by atoms with Crippen LogP contribution in [0.15, 0.2) is 78.0 Å². The molecule has 1 N–H and O–H groups in total. The highest BCUT2D eigenvalue weighted by atomic mass is 32.2. The number of benzene rings is 3. The molecule has 0 aliphatic carbocycles. The van der Waals surface area contributed by atoms with Crippen LogP contribution in [0.25, 0.3) is 10.8 Å². The van der Waals surface area contributed by atoms with Gasteiger partial charge in [-0.1, -0.05) is 78.5 Å². The third-order valence-corrected chi connectivity index (χ3v) is 5.66. The Labute approximate surface area is 179 Å². The molecular weight excluding hydrogens is 396 g/mol. The molecule has 0 saturated carbocycles. The predicted molar refractivity (Wildman–Crippen MR) is 119 cm³/mol. The van der Waals surface area contributed by atoms with Gasteiger partial charge in [-0.2, -0.15) is 0 Å². The molecule has 1 aromatic heterocycles. The molecule has 6 nitrogen and oxygen atoms in total. The fourth-order valence-electron chi connectivity index (χ4n) is 3.12. The summed E-state index contributed by atoms with van der Waals surface area (Å²) in [7, 11) is 1.63. The Morgan fingerprint density at radius 2 is 1.77 bits per heavy atom. The highest BCUT2D eigenvalue weighted by molar-refractivity contribution is 7.99. The zero-order chi connectivity index (χ0) is 20.8. The third kappa shape index (κ3) is 4.63. The zero-order valence-corrected chi connectivity index (χ0v) is 17.4. The van der Waals surface area contributed by atoms with Crippen molar-refractivity contribution in [1.82, 2.24) is 20.1 Å². The van der Waals surface area contributed by atoms with Crippen LogP contribution in [0.3, 0.4) is 0 Å². The number of carbonyl (C=O) groups excluding carboxylic acids is 1. The van der Waals surface area contributed by atoms with E-state index >= 15 is 0 Å². The number of hydrogen-bond acceptors (Lipinski definition) is 5. The second kappa shape index (κ2) is 9.45. The first-order chi connectivity index (χ1) is 14.7. The Balaban J connectivity index is 1.58. The van der Waals surface area contributed by atoms with E-state index in [-0.39, 0.29) is 18.3 Å². The van der Waals surface area contributed by atoms with E-state index in [1.807, 2.05) is 53.1 Å². The Morgan fingerprint density at radius 1 is 1.00 bits per heavy atom. The van der Waals surface area contributed by atoms with Crippen LogP contribution >= 0.6 is 11.8 Å². The van der Waals surface area contributed by atoms with Crippen molar-refractivity contribution in [3.63, 3.8) is 0 Å². The normalized spacial score (nSPS) is 10.8. The van der Waals surface area contributed by atoms with Crippen molar-refractivity contribution >= 4 is 28.4 Å². The summed E-state index contributed by atoms with van der Waals surface area (Å²) in [6.07, 6.45) is 0. The molecule has 0 aliphatic rings. The molecule has 0 radical (unpaired) electrons. The van der Waals surface area contributed by atoms with Gasteiger partial charge in [0, 0.05) is 12.4 Å². The number of aromatic nitrogens is 3. The van der Waals surface area contributed by atoms with Crippen LogP contribution in [0, 0.1) is 0 Å². The number of rotatable bonds is 8. The molecule has 30 heavy (non-hydrogen) atoms. The average Bonchev–Trinajstić information content (AvgIpc) is 3.17. The van der Waals surface area contributed by atoms with Gasteiger partial charge in [0.1, 0.15) is 12.4 Å². The minimum absolute atomic E-state index is 0.0529. The lowest BCUT2D eigenvalue weighted by Gasteiger charge is -2.12. The number of carbonyl (C=O) groups is 1. The summed E-state index contributed by atoms with van der Waals surface area (Å²) in [5.41, 5.74) is 1.13. The fraction of sp³-hybridized carbons (Fsp3) is 0.174.